The fraction of sp³-hybridized carbons (Fsp3) is 0.889. The van der Waals surface area contributed by atoms with Crippen molar-refractivity contribution in [1.82, 2.24) is 0 Å². The van der Waals surface area contributed by atoms with Crippen LogP contribution in [0.3, 0.4) is 0 Å². The smallest absolute Gasteiger partial charge is 0.136 e. The van der Waals surface area contributed by atoms with Gasteiger partial charge in [0.2, 0.25) is 0 Å². The monoisotopic (exact) mass is 138 g/mol. The summed E-state index contributed by atoms with van der Waals surface area (Å²) >= 11 is 0. The van der Waals surface area contributed by atoms with Crippen LogP contribution in [-0.2, 0) is 4.79 Å². The first-order valence-electron chi connectivity index (χ1n) is 4.40. The van der Waals surface area contributed by atoms with Gasteiger partial charge in [-0.15, -0.1) is 0 Å². The molecule has 10 heavy (non-hydrogen) atoms. The van der Waals surface area contributed by atoms with Gasteiger partial charge in [-0.05, 0) is 25.2 Å². The predicted molar refractivity (Wildman–Crippen MR) is 39.7 cm³/mol. The number of hydrogen-bond donors (Lipinski definition) is 0. The highest BCUT2D eigenvalue weighted by molar-refractivity contribution is 5.83. The van der Waals surface area contributed by atoms with E-state index >= 15 is 0 Å². The van der Waals surface area contributed by atoms with E-state index in [-0.39, 0.29) is 0 Å². The van der Waals surface area contributed by atoms with E-state index < -0.39 is 0 Å². The van der Waals surface area contributed by atoms with Crippen molar-refractivity contribution in [3.63, 3.8) is 0 Å². The second kappa shape index (κ2) is 2.37. The zero-order chi connectivity index (χ0) is 6.97. The van der Waals surface area contributed by atoms with E-state index in [1.54, 1.807) is 0 Å². The molecular weight excluding hydrogens is 124 g/mol. The van der Waals surface area contributed by atoms with Crippen LogP contribution in [0.25, 0.3) is 0 Å². The van der Waals surface area contributed by atoms with Gasteiger partial charge < -0.3 is 0 Å². The fourth-order valence-electron chi connectivity index (χ4n) is 2.03. The molecule has 0 radical (unpaired) electrons. The molecule has 2 atom stereocenters. The summed E-state index contributed by atoms with van der Waals surface area (Å²) in [6.07, 6.45) is 7.24. The van der Waals surface area contributed by atoms with E-state index in [2.05, 4.69) is 0 Å². The Morgan fingerprint density at radius 3 is 3.00 bits per heavy atom. The quantitative estimate of drug-likeness (QED) is 0.501. The molecule has 0 aromatic rings. The van der Waals surface area contributed by atoms with Crippen LogP contribution in [0.5, 0.6) is 0 Å². The second-order valence-electron chi connectivity index (χ2n) is 3.67. The molecule has 0 spiro atoms. The Labute approximate surface area is 61.8 Å². The molecule has 56 valence electrons. The van der Waals surface area contributed by atoms with Gasteiger partial charge in [0.25, 0.3) is 0 Å². The summed E-state index contributed by atoms with van der Waals surface area (Å²) in [4.78, 5) is 11.2. The van der Waals surface area contributed by atoms with Gasteiger partial charge in [-0.2, -0.15) is 0 Å². The van der Waals surface area contributed by atoms with E-state index in [0.717, 1.165) is 18.8 Å². The molecule has 0 aromatic heterocycles. The maximum Gasteiger partial charge on any atom is 0.136 e. The van der Waals surface area contributed by atoms with Crippen LogP contribution >= 0.6 is 0 Å². The van der Waals surface area contributed by atoms with Crippen molar-refractivity contribution in [2.45, 2.75) is 38.5 Å². The van der Waals surface area contributed by atoms with Gasteiger partial charge in [-0.3, -0.25) is 4.79 Å². The summed E-state index contributed by atoms with van der Waals surface area (Å²) in [5, 5.41) is 0. The molecule has 0 aromatic carbocycles. The highest BCUT2D eigenvalue weighted by atomic mass is 16.1. The minimum atomic E-state index is 0.514. The zero-order valence-corrected chi connectivity index (χ0v) is 6.31. The van der Waals surface area contributed by atoms with E-state index in [0.29, 0.717) is 11.7 Å². The van der Waals surface area contributed by atoms with Crippen LogP contribution in [0, 0.1) is 11.8 Å². The van der Waals surface area contributed by atoms with Crippen molar-refractivity contribution in [2.24, 2.45) is 11.8 Å². The standard InChI is InChI=1S/C9H14O/c10-9-5-3-1-2-4-7-6-8(7)9/h7-8H,1-6H2/t7-,8+/m0/s1. The molecule has 0 amide bonds. The van der Waals surface area contributed by atoms with E-state index in [1.165, 1.54) is 25.7 Å². The molecule has 1 heteroatoms. The number of carbonyl (C=O) groups excluding carboxylic acids is 1. The molecule has 0 aliphatic heterocycles. The number of carbonyl (C=O) groups is 1. The molecule has 2 saturated carbocycles. The number of ketones is 1. The molecular formula is C9H14O. The Bertz CT molecular complexity index is 151. The molecule has 2 rings (SSSR count). The lowest BCUT2D eigenvalue weighted by Crippen LogP contribution is -2.04. The Hall–Kier alpha value is -0.330. The van der Waals surface area contributed by atoms with Crippen molar-refractivity contribution in [2.75, 3.05) is 0 Å². The molecule has 0 unspecified atom stereocenters. The van der Waals surface area contributed by atoms with Crippen LogP contribution in [0.15, 0.2) is 0 Å². The Kier molecular flexibility index (Phi) is 1.51. The van der Waals surface area contributed by atoms with Crippen LogP contribution in [0.2, 0.25) is 0 Å². The van der Waals surface area contributed by atoms with E-state index in [1.807, 2.05) is 0 Å². The van der Waals surface area contributed by atoms with Gasteiger partial charge in [0.1, 0.15) is 5.78 Å². The van der Waals surface area contributed by atoms with Crippen LogP contribution in [0.4, 0.5) is 0 Å². The Morgan fingerprint density at radius 2 is 2.10 bits per heavy atom. The van der Waals surface area contributed by atoms with Crippen LogP contribution in [0.1, 0.15) is 38.5 Å². The molecule has 0 bridgehead atoms. The fourth-order valence-corrected chi connectivity index (χ4v) is 2.03. The van der Waals surface area contributed by atoms with Crippen molar-refractivity contribution in [3.8, 4) is 0 Å². The maximum absolute atomic E-state index is 11.2. The summed E-state index contributed by atoms with van der Waals surface area (Å²) in [7, 11) is 0. The zero-order valence-electron chi connectivity index (χ0n) is 6.31. The van der Waals surface area contributed by atoms with Gasteiger partial charge in [0.05, 0.1) is 0 Å². The molecule has 0 N–H and O–H groups in total. The predicted octanol–water partition coefficient (Wildman–Crippen LogP) is 2.16. The number of rotatable bonds is 0. The third-order valence-corrected chi connectivity index (χ3v) is 2.83. The largest absolute Gasteiger partial charge is 0.299 e. The normalized spacial score (nSPS) is 39.8. The molecule has 2 aliphatic rings. The third kappa shape index (κ3) is 1.09. The topological polar surface area (TPSA) is 17.1 Å². The molecule has 1 nitrogen and oxygen atoms in total. The van der Waals surface area contributed by atoms with Crippen molar-refractivity contribution < 1.29 is 4.79 Å². The lowest BCUT2D eigenvalue weighted by molar-refractivity contribution is -0.120. The lowest BCUT2D eigenvalue weighted by atomic mass is 10.0. The first kappa shape index (κ1) is 6.38. The Morgan fingerprint density at radius 1 is 1.20 bits per heavy atom. The van der Waals surface area contributed by atoms with Gasteiger partial charge >= 0.3 is 0 Å². The highest BCUT2D eigenvalue weighted by Gasteiger charge is 2.41. The SMILES string of the molecule is O=C1CCCCC[C@H]2C[C@@H]12. The van der Waals surface area contributed by atoms with E-state index in [4.69, 9.17) is 0 Å². The minimum absolute atomic E-state index is 0.514. The van der Waals surface area contributed by atoms with Crippen molar-refractivity contribution in [1.29, 1.82) is 0 Å². The third-order valence-electron chi connectivity index (χ3n) is 2.83. The molecule has 2 aliphatic carbocycles. The summed E-state index contributed by atoms with van der Waals surface area (Å²) in [6.45, 7) is 0. The summed E-state index contributed by atoms with van der Waals surface area (Å²) in [5.74, 6) is 1.89. The number of fused-ring (bicyclic) bond motifs is 1. The van der Waals surface area contributed by atoms with Crippen molar-refractivity contribution in [3.05, 3.63) is 0 Å². The first-order valence-corrected chi connectivity index (χ1v) is 4.40. The van der Waals surface area contributed by atoms with Gasteiger partial charge in [0, 0.05) is 12.3 Å². The van der Waals surface area contributed by atoms with E-state index in [9.17, 15) is 4.79 Å². The average molecular weight is 138 g/mol. The summed E-state index contributed by atoms with van der Waals surface area (Å²) in [6, 6.07) is 0. The molecule has 0 saturated heterocycles. The van der Waals surface area contributed by atoms with Crippen LogP contribution in [-0.4, -0.2) is 5.78 Å². The first-order chi connectivity index (χ1) is 4.88. The van der Waals surface area contributed by atoms with Gasteiger partial charge in [-0.25, -0.2) is 0 Å². The van der Waals surface area contributed by atoms with Crippen molar-refractivity contribution >= 4 is 5.78 Å². The molecule has 2 fully saturated rings. The highest BCUT2D eigenvalue weighted by Crippen LogP contribution is 2.45. The lowest BCUT2D eigenvalue weighted by Gasteiger charge is -2.04. The summed E-state index contributed by atoms with van der Waals surface area (Å²) < 4.78 is 0. The number of hydrogen-bond acceptors (Lipinski definition) is 1. The molecule has 0 heterocycles. The summed E-state index contributed by atoms with van der Waals surface area (Å²) in [5.41, 5.74) is 0. The van der Waals surface area contributed by atoms with Crippen LogP contribution < -0.4 is 0 Å². The minimum Gasteiger partial charge on any atom is -0.299 e. The number of Topliss-reactive ketones (excluding diaryl/α,β-unsaturated/α-hetero) is 1. The second-order valence-corrected chi connectivity index (χ2v) is 3.67. The van der Waals surface area contributed by atoms with Gasteiger partial charge in [-0.1, -0.05) is 12.8 Å². The average Bonchev–Trinajstić information content (AvgIpc) is 2.62. The Balaban J connectivity index is 1.94. The maximum atomic E-state index is 11.2. The van der Waals surface area contributed by atoms with Gasteiger partial charge in [0.15, 0.2) is 0 Å².